The number of aromatic nitrogens is 2. The molecule has 232 valence electrons. The van der Waals surface area contributed by atoms with Gasteiger partial charge in [-0.2, -0.15) is 0 Å². The normalized spacial score (nSPS) is 13.3. The fraction of sp³-hybridized carbons (Fsp3) is 0.0667. The molecule has 1 aliphatic rings. The summed E-state index contributed by atoms with van der Waals surface area (Å²) >= 11 is 3.65. The molecular weight excluding hydrogens is 633 g/mol. The zero-order chi connectivity index (χ0) is 32.7. The van der Waals surface area contributed by atoms with E-state index in [1.165, 1.54) is 63.0 Å². The Balaban J connectivity index is 1.18. The van der Waals surface area contributed by atoms with Crippen molar-refractivity contribution in [2.45, 2.75) is 19.3 Å². The Morgan fingerprint density at radius 1 is 0.490 bits per heavy atom. The van der Waals surface area contributed by atoms with E-state index in [0.29, 0.717) is 0 Å². The lowest BCUT2D eigenvalue weighted by Crippen LogP contribution is -2.14. The van der Waals surface area contributed by atoms with Crippen molar-refractivity contribution in [3.8, 4) is 55.5 Å². The monoisotopic (exact) mass is 662 g/mol. The van der Waals surface area contributed by atoms with E-state index in [9.17, 15) is 0 Å². The van der Waals surface area contributed by atoms with Crippen molar-refractivity contribution in [1.29, 1.82) is 0 Å². The number of hydrogen-bond donors (Lipinski definition) is 0. The molecule has 0 radical (unpaired) electrons. The van der Waals surface area contributed by atoms with E-state index in [1.807, 2.05) is 22.7 Å². The third-order valence-electron chi connectivity index (χ3n) is 10.1. The van der Waals surface area contributed by atoms with Crippen molar-refractivity contribution in [3.05, 3.63) is 157 Å². The Morgan fingerprint density at radius 2 is 1.14 bits per heavy atom. The molecule has 4 heteroatoms. The lowest BCUT2D eigenvalue weighted by atomic mass is 9.82. The molecule has 49 heavy (non-hydrogen) atoms. The molecule has 0 bridgehead atoms. The van der Waals surface area contributed by atoms with Crippen LogP contribution in [0.5, 0.6) is 0 Å². The van der Waals surface area contributed by atoms with Gasteiger partial charge in [-0.1, -0.05) is 129 Å². The number of hydrogen-bond acceptors (Lipinski definition) is 4. The smallest absolute Gasteiger partial charge is 0.161 e. The van der Waals surface area contributed by atoms with E-state index in [-0.39, 0.29) is 5.41 Å². The first-order valence-corrected chi connectivity index (χ1v) is 18.3. The van der Waals surface area contributed by atoms with Crippen LogP contribution in [0.15, 0.2) is 146 Å². The zero-order valence-electron chi connectivity index (χ0n) is 27.1. The summed E-state index contributed by atoms with van der Waals surface area (Å²) in [6.07, 6.45) is 0. The molecule has 0 atom stereocenters. The third-order valence-corrected chi connectivity index (χ3v) is 12.5. The molecule has 3 heterocycles. The second-order valence-electron chi connectivity index (χ2n) is 13.4. The highest BCUT2D eigenvalue weighted by molar-refractivity contribution is 7.26. The van der Waals surface area contributed by atoms with Gasteiger partial charge in [-0.15, -0.1) is 22.7 Å². The summed E-state index contributed by atoms with van der Waals surface area (Å²) in [4.78, 5) is 12.0. The van der Waals surface area contributed by atoms with Crippen LogP contribution in [0.3, 0.4) is 0 Å². The molecule has 10 rings (SSSR count). The van der Waals surface area contributed by atoms with Crippen LogP contribution in [0.25, 0.3) is 85.7 Å². The SMILES string of the molecule is CC1(C)c2ccccc2-c2c(-c3cc(-c4ccc(-c5cc6ccccc6s5)cc4)nc(-c4cccc5c4sc4ccccc45)n3)cccc21. The van der Waals surface area contributed by atoms with Gasteiger partial charge < -0.3 is 0 Å². The van der Waals surface area contributed by atoms with Gasteiger partial charge in [-0.05, 0) is 63.5 Å². The quantitative estimate of drug-likeness (QED) is 0.187. The molecule has 0 spiro atoms. The molecule has 0 saturated heterocycles. The maximum Gasteiger partial charge on any atom is 0.161 e. The zero-order valence-corrected chi connectivity index (χ0v) is 28.7. The van der Waals surface area contributed by atoms with Crippen LogP contribution in [0.2, 0.25) is 0 Å². The van der Waals surface area contributed by atoms with E-state index in [1.54, 1.807) is 0 Å². The van der Waals surface area contributed by atoms with Crippen LogP contribution in [-0.4, -0.2) is 9.97 Å². The highest BCUT2D eigenvalue weighted by Crippen LogP contribution is 2.52. The number of nitrogens with zero attached hydrogens (tertiary/aromatic N) is 2. The third kappa shape index (κ3) is 4.45. The van der Waals surface area contributed by atoms with E-state index in [0.717, 1.165) is 33.9 Å². The molecule has 3 aromatic heterocycles. The van der Waals surface area contributed by atoms with Crippen molar-refractivity contribution < 1.29 is 0 Å². The van der Waals surface area contributed by atoms with Gasteiger partial charge in [-0.3, -0.25) is 0 Å². The summed E-state index contributed by atoms with van der Waals surface area (Å²) in [5.74, 6) is 0.751. The molecule has 0 N–H and O–H groups in total. The van der Waals surface area contributed by atoms with Crippen LogP contribution in [0.1, 0.15) is 25.0 Å². The number of fused-ring (bicyclic) bond motifs is 7. The summed E-state index contributed by atoms with van der Waals surface area (Å²) in [6, 6.07) is 52.7. The van der Waals surface area contributed by atoms with E-state index < -0.39 is 0 Å². The molecule has 0 fully saturated rings. The summed E-state index contributed by atoms with van der Waals surface area (Å²) in [5, 5.41) is 3.81. The van der Waals surface area contributed by atoms with Crippen LogP contribution >= 0.6 is 22.7 Å². The van der Waals surface area contributed by atoms with Gasteiger partial charge in [0.25, 0.3) is 0 Å². The maximum atomic E-state index is 5.40. The summed E-state index contributed by atoms with van der Waals surface area (Å²) in [5.41, 5.74) is 11.5. The second kappa shape index (κ2) is 10.8. The minimum Gasteiger partial charge on any atom is -0.228 e. The number of rotatable bonds is 4. The summed E-state index contributed by atoms with van der Waals surface area (Å²) in [7, 11) is 0. The van der Waals surface area contributed by atoms with Crippen LogP contribution < -0.4 is 0 Å². The molecule has 2 nitrogen and oxygen atoms in total. The Kier molecular flexibility index (Phi) is 6.30. The molecule has 6 aromatic carbocycles. The standard InChI is InChI=1S/C45H30N2S2/c1-45(2)35-17-6-4-13-32(35)42-33(15-10-18-36(42)45)38-26-37(27-21-23-28(24-22-27)41-25-29-11-3-7-19-39(29)48-41)46-44(47-38)34-16-9-14-31-30-12-5-8-20-40(30)49-43(31)34/h3-26H,1-2H3. The van der Waals surface area contributed by atoms with Crippen molar-refractivity contribution >= 4 is 52.9 Å². The van der Waals surface area contributed by atoms with E-state index in [4.69, 9.17) is 9.97 Å². The van der Waals surface area contributed by atoms with Crippen molar-refractivity contribution in [1.82, 2.24) is 9.97 Å². The fourth-order valence-corrected chi connectivity index (χ4v) is 9.95. The highest BCUT2D eigenvalue weighted by atomic mass is 32.1. The van der Waals surface area contributed by atoms with Crippen LogP contribution in [0, 0.1) is 0 Å². The number of thiophene rings is 2. The average molecular weight is 663 g/mol. The maximum absolute atomic E-state index is 5.40. The molecule has 0 unspecified atom stereocenters. The molecule has 1 aliphatic carbocycles. The predicted octanol–water partition coefficient (Wildman–Crippen LogP) is 13.0. The number of benzene rings is 6. The Morgan fingerprint density at radius 3 is 2.02 bits per heavy atom. The molecule has 0 amide bonds. The van der Waals surface area contributed by atoms with Gasteiger partial charge in [0.2, 0.25) is 0 Å². The first-order valence-electron chi connectivity index (χ1n) is 16.7. The molecule has 0 saturated carbocycles. The first kappa shape index (κ1) is 28.6. The van der Waals surface area contributed by atoms with Crippen molar-refractivity contribution in [2.24, 2.45) is 0 Å². The lowest BCUT2D eigenvalue weighted by molar-refractivity contribution is 0.660. The largest absolute Gasteiger partial charge is 0.228 e. The van der Waals surface area contributed by atoms with Gasteiger partial charge in [0.15, 0.2) is 5.82 Å². The van der Waals surface area contributed by atoms with Gasteiger partial charge in [-0.25, -0.2) is 9.97 Å². The molecule has 9 aromatic rings. The Bertz CT molecular complexity index is 2710. The van der Waals surface area contributed by atoms with E-state index in [2.05, 4.69) is 159 Å². The minimum absolute atomic E-state index is 0.0915. The van der Waals surface area contributed by atoms with Gasteiger partial charge in [0.05, 0.1) is 11.4 Å². The molecule has 0 aliphatic heterocycles. The molecular formula is C45H30N2S2. The Labute approximate surface area is 293 Å². The first-order chi connectivity index (χ1) is 24.0. The highest BCUT2D eigenvalue weighted by Gasteiger charge is 2.36. The predicted molar refractivity (Wildman–Crippen MR) is 210 cm³/mol. The van der Waals surface area contributed by atoms with Crippen LogP contribution in [-0.2, 0) is 5.41 Å². The van der Waals surface area contributed by atoms with Crippen molar-refractivity contribution in [2.75, 3.05) is 0 Å². The Hall–Kier alpha value is -5.42. The summed E-state index contributed by atoms with van der Waals surface area (Å²) < 4.78 is 3.80. The van der Waals surface area contributed by atoms with Gasteiger partial charge in [0, 0.05) is 51.9 Å². The van der Waals surface area contributed by atoms with Crippen molar-refractivity contribution in [3.63, 3.8) is 0 Å². The van der Waals surface area contributed by atoms with Gasteiger partial charge >= 0.3 is 0 Å². The lowest BCUT2D eigenvalue weighted by Gasteiger charge is -2.21. The topological polar surface area (TPSA) is 25.8 Å². The fourth-order valence-electron chi connectivity index (χ4n) is 7.67. The van der Waals surface area contributed by atoms with Crippen LogP contribution in [0.4, 0.5) is 0 Å². The minimum atomic E-state index is -0.0915. The van der Waals surface area contributed by atoms with E-state index >= 15 is 0 Å². The average Bonchev–Trinajstić information content (AvgIpc) is 3.82. The summed E-state index contributed by atoms with van der Waals surface area (Å²) in [6.45, 7) is 4.66. The van der Waals surface area contributed by atoms with Gasteiger partial charge in [0.1, 0.15) is 0 Å². The second-order valence-corrected chi connectivity index (χ2v) is 15.5.